The topological polar surface area (TPSA) is 3.24 Å². The molecule has 2 aliphatic rings. The lowest BCUT2D eigenvalue weighted by Crippen LogP contribution is -2.38. The van der Waals surface area contributed by atoms with Crippen LogP contribution in [0, 0.1) is 23.7 Å². The molecular weight excluding hydrogens is 166 g/mol. The highest BCUT2D eigenvalue weighted by molar-refractivity contribution is 7.96. The fourth-order valence-electron chi connectivity index (χ4n) is 2.83. The average Bonchev–Trinajstić information content (AvgIpc) is 2.29. The Morgan fingerprint density at radius 2 is 2.08 bits per heavy atom. The van der Waals surface area contributed by atoms with Crippen LogP contribution in [0.25, 0.3) is 0 Å². The minimum atomic E-state index is 0.910. The van der Waals surface area contributed by atoms with Crippen molar-refractivity contribution in [2.75, 3.05) is 19.3 Å². The van der Waals surface area contributed by atoms with Gasteiger partial charge >= 0.3 is 0 Å². The van der Waals surface area contributed by atoms with Crippen molar-refractivity contribution >= 4 is 11.9 Å². The Balaban J connectivity index is 1.90. The van der Waals surface area contributed by atoms with Gasteiger partial charge in [-0.2, -0.15) is 0 Å². The zero-order valence-electron chi connectivity index (χ0n) is 8.29. The third-order valence-electron chi connectivity index (χ3n) is 3.70. The Kier molecular flexibility index (Phi) is 2.39. The van der Waals surface area contributed by atoms with Gasteiger partial charge in [0.1, 0.15) is 0 Å². The van der Waals surface area contributed by atoms with Crippen molar-refractivity contribution in [1.29, 1.82) is 0 Å². The fraction of sp³-hybridized carbons (Fsp3) is 1.00. The third-order valence-corrected chi connectivity index (χ3v) is 4.51. The Bertz CT molecular complexity index is 169. The molecule has 0 spiro atoms. The summed E-state index contributed by atoms with van der Waals surface area (Å²) in [5, 5.41) is 0. The molecule has 3 unspecified atom stereocenters. The van der Waals surface area contributed by atoms with Gasteiger partial charge in [0.05, 0.1) is 0 Å². The van der Waals surface area contributed by atoms with Crippen molar-refractivity contribution in [3.63, 3.8) is 0 Å². The van der Waals surface area contributed by atoms with E-state index in [0.29, 0.717) is 0 Å². The summed E-state index contributed by atoms with van der Waals surface area (Å²) < 4.78 is 2.54. The summed E-state index contributed by atoms with van der Waals surface area (Å²) >= 11 is 1.93. The molecule has 1 aliphatic heterocycles. The van der Waals surface area contributed by atoms with E-state index in [0.717, 1.165) is 23.7 Å². The summed E-state index contributed by atoms with van der Waals surface area (Å²) in [6.07, 6.45) is 3.70. The van der Waals surface area contributed by atoms with Crippen LogP contribution in [-0.2, 0) is 0 Å². The molecule has 0 aromatic rings. The largest absolute Gasteiger partial charge is 0.250 e. The number of nitrogens with zero attached hydrogens (tertiary/aromatic N) is 1. The van der Waals surface area contributed by atoms with Gasteiger partial charge in [0, 0.05) is 13.1 Å². The molecule has 1 saturated carbocycles. The minimum absolute atomic E-state index is 0.910. The molecular formula is C10H19NS. The van der Waals surface area contributed by atoms with Gasteiger partial charge in [-0.1, -0.05) is 25.8 Å². The molecule has 2 fully saturated rings. The van der Waals surface area contributed by atoms with E-state index < -0.39 is 0 Å². The van der Waals surface area contributed by atoms with Crippen LogP contribution in [0.1, 0.15) is 20.3 Å². The third kappa shape index (κ3) is 1.29. The van der Waals surface area contributed by atoms with Crippen LogP contribution in [0.2, 0.25) is 0 Å². The summed E-state index contributed by atoms with van der Waals surface area (Å²) in [7, 11) is 0. The highest BCUT2D eigenvalue weighted by atomic mass is 32.2. The fourth-order valence-corrected chi connectivity index (χ4v) is 3.50. The second kappa shape index (κ2) is 3.22. The number of hydrogen-bond acceptors (Lipinski definition) is 2. The molecule has 0 radical (unpaired) electrons. The van der Waals surface area contributed by atoms with E-state index in [-0.39, 0.29) is 0 Å². The zero-order valence-corrected chi connectivity index (χ0v) is 9.10. The van der Waals surface area contributed by atoms with Crippen LogP contribution in [0.3, 0.4) is 0 Å². The highest BCUT2D eigenvalue weighted by Gasteiger charge is 2.47. The van der Waals surface area contributed by atoms with E-state index in [1.54, 1.807) is 0 Å². The van der Waals surface area contributed by atoms with Gasteiger partial charge in [-0.05, 0) is 36.3 Å². The molecule has 0 aromatic carbocycles. The molecule has 12 heavy (non-hydrogen) atoms. The minimum Gasteiger partial charge on any atom is -0.250 e. The lowest BCUT2D eigenvalue weighted by Gasteiger charge is -2.42. The Hall–Kier alpha value is 0.310. The van der Waals surface area contributed by atoms with Gasteiger partial charge in [0.25, 0.3) is 0 Å². The Morgan fingerprint density at radius 1 is 1.33 bits per heavy atom. The first-order valence-corrected chi connectivity index (χ1v) is 6.19. The molecule has 3 atom stereocenters. The van der Waals surface area contributed by atoms with Gasteiger partial charge in [-0.15, -0.1) is 0 Å². The zero-order chi connectivity index (χ0) is 8.72. The van der Waals surface area contributed by atoms with E-state index in [4.69, 9.17) is 0 Å². The van der Waals surface area contributed by atoms with E-state index in [1.807, 2.05) is 11.9 Å². The molecule has 0 aromatic heterocycles. The van der Waals surface area contributed by atoms with Crippen molar-refractivity contribution in [3.05, 3.63) is 0 Å². The Morgan fingerprint density at radius 3 is 2.67 bits per heavy atom. The van der Waals surface area contributed by atoms with E-state index in [9.17, 15) is 0 Å². The quantitative estimate of drug-likeness (QED) is 0.608. The maximum Gasteiger partial charge on any atom is 0.0124 e. The van der Waals surface area contributed by atoms with Gasteiger partial charge < -0.3 is 0 Å². The first kappa shape index (κ1) is 8.89. The monoisotopic (exact) mass is 185 g/mol. The molecule has 1 saturated heterocycles. The molecule has 1 aliphatic carbocycles. The van der Waals surface area contributed by atoms with E-state index >= 15 is 0 Å². The highest BCUT2D eigenvalue weighted by Crippen LogP contribution is 2.49. The summed E-state index contributed by atoms with van der Waals surface area (Å²) in [4.78, 5) is 0. The average molecular weight is 185 g/mol. The molecule has 1 nitrogen and oxygen atoms in total. The smallest absolute Gasteiger partial charge is 0.0124 e. The maximum absolute atomic E-state index is 2.54. The van der Waals surface area contributed by atoms with Crippen LogP contribution in [-0.4, -0.2) is 23.7 Å². The van der Waals surface area contributed by atoms with Crippen LogP contribution >= 0.6 is 11.9 Å². The molecule has 0 amide bonds. The van der Waals surface area contributed by atoms with Crippen LogP contribution in [0.15, 0.2) is 0 Å². The molecule has 2 heteroatoms. The van der Waals surface area contributed by atoms with Gasteiger partial charge in [0.15, 0.2) is 0 Å². The number of hydrogen-bond donors (Lipinski definition) is 0. The second-order valence-corrected chi connectivity index (χ2v) is 5.48. The van der Waals surface area contributed by atoms with Gasteiger partial charge in [0.2, 0.25) is 0 Å². The molecule has 0 bridgehead atoms. The standard InChI is InChI=1S/C10H19NS/c1-7(2)9-4-8-5-11(12-3)6-10(8)9/h7-10H,4-6H2,1-3H3. The number of rotatable bonds is 2. The summed E-state index contributed by atoms with van der Waals surface area (Å²) in [6, 6.07) is 0. The van der Waals surface area contributed by atoms with Gasteiger partial charge in [-0.3, -0.25) is 4.31 Å². The molecule has 0 N–H and O–H groups in total. The predicted molar refractivity (Wildman–Crippen MR) is 55.0 cm³/mol. The van der Waals surface area contributed by atoms with Crippen molar-refractivity contribution in [2.45, 2.75) is 20.3 Å². The Labute approximate surface area is 80.0 Å². The van der Waals surface area contributed by atoms with Crippen molar-refractivity contribution in [2.24, 2.45) is 23.7 Å². The maximum atomic E-state index is 2.54. The second-order valence-electron chi connectivity index (χ2n) is 4.60. The molecule has 1 heterocycles. The molecule has 70 valence electrons. The van der Waals surface area contributed by atoms with E-state index in [1.165, 1.54) is 19.5 Å². The van der Waals surface area contributed by atoms with Crippen LogP contribution < -0.4 is 0 Å². The van der Waals surface area contributed by atoms with E-state index in [2.05, 4.69) is 24.4 Å². The summed E-state index contributed by atoms with van der Waals surface area (Å²) in [6.45, 7) is 7.47. The SMILES string of the molecule is CSN1CC2CC(C(C)C)C2C1. The van der Waals surface area contributed by atoms with Gasteiger partial charge in [-0.25, -0.2) is 0 Å². The summed E-state index contributed by atoms with van der Waals surface area (Å²) in [5.74, 6) is 4.03. The lowest BCUT2D eigenvalue weighted by atomic mass is 9.62. The first-order chi connectivity index (χ1) is 5.72. The van der Waals surface area contributed by atoms with Crippen molar-refractivity contribution in [1.82, 2.24) is 4.31 Å². The summed E-state index contributed by atoms with van der Waals surface area (Å²) in [5.41, 5.74) is 0. The number of fused-ring (bicyclic) bond motifs is 1. The normalized spacial score (nSPS) is 41.5. The first-order valence-electron chi connectivity index (χ1n) is 5.01. The lowest BCUT2D eigenvalue weighted by molar-refractivity contribution is 0.0776. The van der Waals surface area contributed by atoms with Crippen LogP contribution in [0.5, 0.6) is 0 Å². The molecule has 2 rings (SSSR count). The predicted octanol–water partition coefficient (Wildman–Crippen LogP) is 2.49. The van der Waals surface area contributed by atoms with Crippen molar-refractivity contribution in [3.8, 4) is 0 Å². The van der Waals surface area contributed by atoms with Crippen LogP contribution in [0.4, 0.5) is 0 Å². The van der Waals surface area contributed by atoms with Crippen molar-refractivity contribution < 1.29 is 0 Å².